The van der Waals surface area contributed by atoms with Gasteiger partial charge in [-0.1, -0.05) is 116 Å². The number of rotatable bonds is 31. The molecule has 6 atom stereocenters. The second-order valence-corrected chi connectivity index (χ2v) is 13.2. The lowest BCUT2D eigenvalue weighted by Crippen LogP contribution is -2.65. The Morgan fingerprint density at radius 1 is 0.830 bits per heavy atom. The number of allylic oxidation sites excluding steroid dienone is 3. The van der Waals surface area contributed by atoms with Gasteiger partial charge >= 0.3 is 0 Å². The summed E-state index contributed by atoms with van der Waals surface area (Å²) in [6.07, 6.45) is 28.9. The SMILES string of the molecule is CC=CO[C@H]1O[C@H](COC)[C@@H](O)[C@H](OCC[C@@H](CCCCCCC)OC)[C@H]1NC(=O)CCCCCCCCCC=CCCCCCC. The third-order valence-electron chi connectivity index (χ3n) is 9.06. The second-order valence-electron chi connectivity index (χ2n) is 13.2. The number of amides is 1. The molecule has 0 radical (unpaired) electrons. The summed E-state index contributed by atoms with van der Waals surface area (Å²) in [4.78, 5) is 13.1. The van der Waals surface area contributed by atoms with Gasteiger partial charge < -0.3 is 34.1 Å². The summed E-state index contributed by atoms with van der Waals surface area (Å²) in [5, 5.41) is 14.3. The Hall–Kier alpha value is -1.45. The first kappa shape index (κ1) is 43.6. The third-order valence-corrected chi connectivity index (χ3v) is 9.06. The van der Waals surface area contributed by atoms with Gasteiger partial charge in [-0.2, -0.15) is 0 Å². The smallest absolute Gasteiger partial charge is 0.222 e. The Morgan fingerprint density at radius 2 is 1.43 bits per heavy atom. The van der Waals surface area contributed by atoms with Gasteiger partial charge in [0.05, 0.1) is 19.0 Å². The molecule has 0 saturated carbocycles. The molecule has 47 heavy (non-hydrogen) atoms. The van der Waals surface area contributed by atoms with Crippen LogP contribution in [0.15, 0.2) is 24.5 Å². The van der Waals surface area contributed by atoms with Gasteiger partial charge in [0.15, 0.2) is 0 Å². The Morgan fingerprint density at radius 3 is 2.04 bits per heavy atom. The predicted molar refractivity (Wildman–Crippen MR) is 192 cm³/mol. The Bertz CT molecular complexity index is 776. The van der Waals surface area contributed by atoms with E-state index in [-0.39, 0.29) is 18.6 Å². The highest BCUT2D eigenvalue weighted by Gasteiger charge is 2.47. The molecule has 1 fully saturated rings. The van der Waals surface area contributed by atoms with Crippen molar-refractivity contribution in [1.29, 1.82) is 0 Å². The quantitative estimate of drug-likeness (QED) is 0.0433. The minimum Gasteiger partial charge on any atom is -0.471 e. The lowest BCUT2D eigenvalue weighted by Gasteiger charge is -2.44. The fraction of sp³-hybridized carbons (Fsp3) is 0.872. The molecule has 1 saturated heterocycles. The Labute approximate surface area is 288 Å². The third kappa shape index (κ3) is 21.3. The molecule has 0 aliphatic carbocycles. The Kier molecular flexibility index (Phi) is 28.4. The van der Waals surface area contributed by atoms with Crippen molar-refractivity contribution in [3.63, 3.8) is 0 Å². The number of carbonyl (C=O) groups is 1. The first-order valence-electron chi connectivity index (χ1n) is 19.2. The van der Waals surface area contributed by atoms with Gasteiger partial charge in [0, 0.05) is 27.2 Å². The molecule has 8 nitrogen and oxygen atoms in total. The van der Waals surface area contributed by atoms with Crippen LogP contribution in [0.1, 0.15) is 156 Å². The summed E-state index contributed by atoms with van der Waals surface area (Å²) in [6, 6.07) is -0.665. The first-order valence-corrected chi connectivity index (χ1v) is 19.2. The van der Waals surface area contributed by atoms with E-state index in [1.54, 1.807) is 26.6 Å². The van der Waals surface area contributed by atoms with Gasteiger partial charge in [-0.05, 0) is 51.9 Å². The van der Waals surface area contributed by atoms with E-state index in [1.807, 2.05) is 6.92 Å². The standard InChI is InChI=1S/C39H73NO7/c1-6-9-11-13-14-15-16-17-18-19-20-21-22-24-26-28-35(41)40-36-38(37(42)34(32-43-4)47-39(36)46-30-8-3)45-31-29-33(44-5)27-25-23-12-10-7-2/h8,15-16,30,33-34,36-39,42H,6-7,9-14,17-29,31-32H2,1-5H3,(H,40,41)/t33-,34-,36-,37-,38-,39+/m1/s1. The molecule has 1 aliphatic rings. The molecule has 0 aromatic heterocycles. The minimum absolute atomic E-state index is 0.0815. The molecule has 1 amide bonds. The van der Waals surface area contributed by atoms with E-state index in [9.17, 15) is 9.90 Å². The van der Waals surface area contributed by atoms with Gasteiger partial charge in [0.2, 0.25) is 12.2 Å². The summed E-state index contributed by atoms with van der Waals surface area (Å²) >= 11 is 0. The molecule has 1 heterocycles. The van der Waals surface area contributed by atoms with Crippen molar-refractivity contribution < 1.29 is 33.6 Å². The predicted octanol–water partition coefficient (Wildman–Crippen LogP) is 8.94. The number of methoxy groups -OCH3 is 2. The first-order chi connectivity index (χ1) is 23.0. The highest BCUT2D eigenvalue weighted by atomic mass is 16.7. The van der Waals surface area contributed by atoms with Crippen LogP contribution < -0.4 is 5.32 Å². The van der Waals surface area contributed by atoms with E-state index in [0.717, 1.165) is 32.1 Å². The number of ether oxygens (including phenoxy) is 5. The average molecular weight is 668 g/mol. The number of hydrogen-bond acceptors (Lipinski definition) is 7. The summed E-state index contributed by atoms with van der Waals surface area (Å²) in [5.74, 6) is -0.0815. The fourth-order valence-corrected chi connectivity index (χ4v) is 6.15. The van der Waals surface area contributed by atoms with Crippen LogP contribution in [-0.2, 0) is 28.5 Å². The number of unbranched alkanes of at least 4 members (excludes halogenated alkanes) is 15. The molecular weight excluding hydrogens is 594 g/mol. The summed E-state index contributed by atoms with van der Waals surface area (Å²) in [7, 11) is 3.31. The highest BCUT2D eigenvalue weighted by molar-refractivity contribution is 5.76. The molecule has 1 rings (SSSR count). The van der Waals surface area contributed by atoms with Crippen molar-refractivity contribution in [2.24, 2.45) is 0 Å². The van der Waals surface area contributed by atoms with Crippen molar-refractivity contribution in [3.8, 4) is 0 Å². The van der Waals surface area contributed by atoms with Crippen LogP contribution in [0.3, 0.4) is 0 Å². The second kappa shape index (κ2) is 30.6. The highest BCUT2D eigenvalue weighted by Crippen LogP contribution is 2.26. The van der Waals surface area contributed by atoms with E-state index in [2.05, 4.69) is 31.3 Å². The van der Waals surface area contributed by atoms with Crippen molar-refractivity contribution in [2.75, 3.05) is 27.4 Å². The summed E-state index contributed by atoms with van der Waals surface area (Å²) in [5.41, 5.74) is 0. The zero-order valence-electron chi connectivity index (χ0n) is 30.9. The van der Waals surface area contributed by atoms with Crippen molar-refractivity contribution in [2.45, 2.75) is 192 Å². The molecule has 1 aliphatic heterocycles. The lowest BCUT2D eigenvalue weighted by atomic mass is 9.96. The van der Waals surface area contributed by atoms with Crippen LogP contribution in [-0.4, -0.2) is 75.2 Å². The maximum absolute atomic E-state index is 13.1. The minimum atomic E-state index is -0.984. The van der Waals surface area contributed by atoms with Crippen LogP contribution in [0.5, 0.6) is 0 Å². The van der Waals surface area contributed by atoms with Gasteiger partial charge in [0.1, 0.15) is 24.4 Å². The van der Waals surface area contributed by atoms with Gasteiger partial charge in [-0.3, -0.25) is 4.79 Å². The zero-order valence-corrected chi connectivity index (χ0v) is 30.9. The van der Waals surface area contributed by atoms with Gasteiger partial charge in [-0.15, -0.1) is 0 Å². The van der Waals surface area contributed by atoms with Gasteiger partial charge in [0.25, 0.3) is 0 Å². The van der Waals surface area contributed by atoms with E-state index < -0.39 is 30.6 Å². The van der Waals surface area contributed by atoms with Crippen LogP contribution >= 0.6 is 0 Å². The monoisotopic (exact) mass is 668 g/mol. The molecule has 0 aromatic carbocycles. The van der Waals surface area contributed by atoms with Crippen LogP contribution in [0.25, 0.3) is 0 Å². The van der Waals surface area contributed by atoms with Crippen LogP contribution in [0, 0.1) is 0 Å². The topological polar surface area (TPSA) is 95.5 Å². The zero-order chi connectivity index (χ0) is 34.4. The largest absolute Gasteiger partial charge is 0.471 e. The molecule has 8 heteroatoms. The number of aliphatic hydroxyl groups is 1. The number of hydrogen-bond donors (Lipinski definition) is 2. The van der Waals surface area contributed by atoms with Crippen molar-refractivity contribution in [3.05, 3.63) is 24.5 Å². The molecular formula is C39H73NO7. The molecule has 0 bridgehead atoms. The van der Waals surface area contributed by atoms with E-state index in [1.165, 1.54) is 89.9 Å². The van der Waals surface area contributed by atoms with Gasteiger partial charge in [-0.25, -0.2) is 0 Å². The lowest BCUT2D eigenvalue weighted by molar-refractivity contribution is -0.265. The normalized spacial score (nSPS) is 22.3. The summed E-state index contributed by atoms with van der Waals surface area (Å²) < 4.78 is 29.3. The van der Waals surface area contributed by atoms with E-state index >= 15 is 0 Å². The average Bonchev–Trinajstić information content (AvgIpc) is 3.07. The maximum Gasteiger partial charge on any atom is 0.222 e. The molecule has 0 unspecified atom stereocenters. The molecule has 0 aromatic rings. The number of carbonyl (C=O) groups excluding carboxylic acids is 1. The van der Waals surface area contributed by atoms with E-state index in [0.29, 0.717) is 19.4 Å². The van der Waals surface area contributed by atoms with Crippen LogP contribution in [0.2, 0.25) is 0 Å². The Balaban J connectivity index is 2.53. The molecule has 2 N–H and O–H groups in total. The van der Waals surface area contributed by atoms with Crippen molar-refractivity contribution >= 4 is 5.91 Å². The van der Waals surface area contributed by atoms with Crippen molar-refractivity contribution in [1.82, 2.24) is 5.32 Å². The number of aliphatic hydroxyl groups excluding tert-OH is 1. The fourth-order valence-electron chi connectivity index (χ4n) is 6.15. The number of nitrogens with one attached hydrogen (secondary N) is 1. The summed E-state index contributed by atoms with van der Waals surface area (Å²) in [6.45, 7) is 6.91. The van der Waals surface area contributed by atoms with E-state index in [4.69, 9.17) is 23.7 Å². The maximum atomic E-state index is 13.1. The van der Waals surface area contributed by atoms with Crippen LogP contribution in [0.4, 0.5) is 0 Å². The molecule has 0 spiro atoms. The molecule has 276 valence electrons.